The van der Waals surface area contributed by atoms with Crippen LogP contribution in [0.3, 0.4) is 0 Å². The summed E-state index contributed by atoms with van der Waals surface area (Å²) in [4.78, 5) is 28.4. The lowest BCUT2D eigenvalue weighted by molar-refractivity contribution is 0.0662. The van der Waals surface area contributed by atoms with Crippen LogP contribution in [0.5, 0.6) is 11.5 Å². The number of carbonyl (C=O) groups excluding carboxylic acids is 1. The lowest BCUT2D eigenvalue weighted by Gasteiger charge is -2.30. The SMILES string of the molecule is CCOc1cc(C2c3c(oc4ccccc4c3=O)C(=O)N2C2CCS(=O)(=O)C2)ccc1O. The van der Waals surface area contributed by atoms with Gasteiger partial charge in [0.15, 0.2) is 26.8 Å². The van der Waals surface area contributed by atoms with Gasteiger partial charge in [-0.25, -0.2) is 8.42 Å². The lowest BCUT2D eigenvalue weighted by atomic mass is 9.97. The lowest BCUT2D eigenvalue weighted by Crippen LogP contribution is -2.40. The molecule has 2 unspecified atom stereocenters. The Morgan fingerprint density at radius 1 is 1.19 bits per heavy atom. The van der Waals surface area contributed by atoms with Crippen LogP contribution in [0.1, 0.15) is 41.1 Å². The Hall–Kier alpha value is -3.33. The maximum absolute atomic E-state index is 13.5. The second-order valence-corrected chi connectivity index (χ2v) is 10.2. The number of carbonyl (C=O) groups is 1. The fourth-order valence-electron chi connectivity index (χ4n) is 4.61. The highest BCUT2D eigenvalue weighted by molar-refractivity contribution is 7.91. The molecule has 2 atom stereocenters. The van der Waals surface area contributed by atoms with Gasteiger partial charge in [0.05, 0.1) is 35.1 Å². The predicted molar refractivity (Wildman–Crippen MR) is 117 cm³/mol. The van der Waals surface area contributed by atoms with Crippen molar-refractivity contribution in [3.8, 4) is 11.5 Å². The standard InChI is InChI=1S/C23H21NO7S/c1-2-30-18-11-13(7-8-16(18)25)20-19-21(26)15-5-3-4-6-17(15)31-22(19)23(27)24(20)14-9-10-32(28,29)12-14/h3-8,11,14,20,25H,2,9-10,12H2,1H3. The molecule has 3 heterocycles. The largest absolute Gasteiger partial charge is 0.504 e. The monoisotopic (exact) mass is 455 g/mol. The zero-order valence-corrected chi connectivity index (χ0v) is 18.1. The molecular formula is C23H21NO7S. The fourth-order valence-corrected chi connectivity index (χ4v) is 6.32. The van der Waals surface area contributed by atoms with Crippen LogP contribution in [-0.4, -0.2) is 48.5 Å². The van der Waals surface area contributed by atoms with Crippen molar-refractivity contribution >= 4 is 26.7 Å². The molecule has 1 N–H and O–H groups in total. The summed E-state index contributed by atoms with van der Waals surface area (Å²) in [5.74, 6) is -0.633. The average molecular weight is 455 g/mol. The van der Waals surface area contributed by atoms with Crippen LogP contribution in [0.25, 0.3) is 11.0 Å². The first-order valence-corrected chi connectivity index (χ1v) is 12.2. The molecule has 1 amide bonds. The van der Waals surface area contributed by atoms with Crippen LogP contribution in [0.15, 0.2) is 51.7 Å². The minimum Gasteiger partial charge on any atom is -0.504 e. The van der Waals surface area contributed by atoms with Crippen molar-refractivity contribution in [2.45, 2.75) is 25.4 Å². The Labute approximate surface area is 183 Å². The van der Waals surface area contributed by atoms with Gasteiger partial charge in [-0.1, -0.05) is 18.2 Å². The zero-order chi connectivity index (χ0) is 22.6. The third-order valence-corrected chi connectivity index (χ3v) is 7.76. The number of nitrogens with zero attached hydrogens (tertiary/aromatic N) is 1. The summed E-state index contributed by atoms with van der Waals surface area (Å²) < 4.78 is 35.7. The van der Waals surface area contributed by atoms with E-state index in [0.29, 0.717) is 23.1 Å². The summed E-state index contributed by atoms with van der Waals surface area (Å²) in [7, 11) is -3.29. The number of phenols is 1. The third-order valence-electron chi connectivity index (χ3n) is 6.01. The molecule has 0 aliphatic carbocycles. The van der Waals surface area contributed by atoms with E-state index in [1.54, 1.807) is 43.3 Å². The molecule has 2 aromatic carbocycles. The van der Waals surface area contributed by atoms with Gasteiger partial charge in [0, 0.05) is 6.04 Å². The van der Waals surface area contributed by atoms with Gasteiger partial charge in [0.25, 0.3) is 5.91 Å². The minimum absolute atomic E-state index is 0.0202. The number of sulfone groups is 1. The fraction of sp³-hybridized carbons (Fsp3) is 0.304. The Kier molecular flexibility index (Phi) is 4.74. The first kappa shape index (κ1) is 20.6. The van der Waals surface area contributed by atoms with Gasteiger partial charge in [-0.05, 0) is 43.2 Å². The molecule has 0 bridgehead atoms. The van der Waals surface area contributed by atoms with Gasteiger partial charge in [-0.3, -0.25) is 9.59 Å². The molecule has 5 rings (SSSR count). The van der Waals surface area contributed by atoms with E-state index in [-0.39, 0.29) is 46.2 Å². The molecule has 9 heteroatoms. The van der Waals surface area contributed by atoms with Crippen LogP contribution in [0.4, 0.5) is 0 Å². The summed E-state index contributed by atoms with van der Waals surface area (Å²) in [6.45, 7) is 2.09. The number of hydrogen-bond donors (Lipinski definition) is 1. The van der Waals surface area contributed by atoms with Crippen molar-refractivity contribution in [1.82, 2.24) is 4.90 Å². The van der Waals surface area contributed by atoms with Crippen molar-refractivity contribution in [3.05, 3.63) is 69.6 Å². The molecule has 0 saturated carbocycles. The van der Waals surface area contributed by atoms with E-state index in [1.165, 1.54) is 11.0 Å². The number of para-hydroxylation sites is 1. The maximum Gasteiger partial charge on any atom is 0.291 e. The van der Waals surface area contributed by atoms with Gasteiger partial charge in [0.1, 0.15) is 5.58 Å². The smallest absolute Gasteiger partial charge is 0.291 e. The zero-order valence-electron chi connectivity index (χ0n) is 17.3. The van der Waals surface area contributed by atoms with Crippen LogP contribution >= 0.6 is 0 Å². The highest BCUT2D eigenvalue weighted by Gasteiger charge is 2.48. The van der Waals surface area contributed by atoms with Crippen molar-refractivity contribution in [2.75, 3.05) is 18.1 Å². The van der Waals surface area contributed by atoms with Crippen LogP contribution in [-0.2, 0) is 9.84 Å². The number of aromatic hydroxyl groups is 1. The van der Waals surface area contributed by atoms with E-state index < -0.39 is 27.8 Å². The van der Waals surface area contributed by atoms with Crippen molar-refractivity contribution < 1.29 is 27.5 Å². The Morgan fingerprint density at radius 3 is 2.69 bits per heavy atom. The summed E-state index contributed by atoms with van der Waals surface area (Å²) in [5.41, 5.74) is 0.663. The summed E-state index contributed by atoms with van der Waals surface area (Å²) >= 11 is 0. The first-order valence-electron chi connectivity index (χ1n) is 10.3. The molecule has 1 fully saturated rings. The van der Waals surface area contributed by atoms with Gasteiger partial charge >= 0.3 is 0 Å². The van der Waals surface area contributed by atoms with Gasteiger partial charge in [-0.15, -0.1) is 0 Å². The number of hydrogen-bond acceptors (Lipinski definition) is 7. The Bertz CT molecular complexity index is 1410. The van der Waals surface area contributed by atoms with Crippen LogP contribution in [0.2, 0.25) is 0 Å². The van der Waals surface area contributed by atoms with Crippen LogP contribution < -0.4 is 10.2 Å². The predicted octanol–water partition coefficient (Wildman–Crippen LogP) is 2.63. The highest BCUT2D eigenvalue weighted by atomic mass is 32.2. The maximum atomic E-state index is 13.5. The number of rotatable bonds is 4. The molecule has 8 nitrogen and oxygen atoms in total. The third kappa shape index (κ3) is 3.15. The average Bonchev–Trinajstić information content (AvgIpc) is 3.27. The highest BCUT2D eigenvalue weighted by Crippen LogP contribution is 2.43. The molecule has 166 valence electrons. The van der Waals surface area contributed by atoms with E-state index in [9.17, 15) is 23.1 Å². The molecule has 32 heavy (non-hydrogen) atoms. The van der Waals surface area contributed by atoms with Crippen molar-refractivity contribution in [2.24, 2.45) is 0 Å². The van der Waals surface area contributed by atoms with Gasteiger partial charge < -0.3 is 19.2 Å². The topological polar surface area (TPSA) is 114 Å². The van der Waals surface area contributed by atoms with E-state index in [2.05, 4.69) is 0 Å². The molecule has 2 aliphatic rings. The Morgan fingerprint density at radius 2 is 1.97 bits per heavy atom. The van der Waals surface area contributed by atoms with Crippen molar-refractivity contribution in [3.63, 3.8) is 0 Å². The summed E-state index contributed by atoms with van der Waals surface area (Å²) in [6.07, 6.45) is 0.280. The summed E-state index contributed by atoms with van der Waals surface area (Å²) in [5, 5.41) is 10.5. The van der Waals surface area contributed by atoms with Gasteiger partial charge in [-0.2, -0.15) is 0 Å². The number of benzene rings is 2. The minimum atomic E-state index is -3.29. The molecular weight excluding hydrogens is 434 g/mol. The molecule has 0 spiro atoms. The van der Waals surface area contributed by atoms with E-state index in [4.69, 9.17) is 9.15 Å². The Balaban J connectivity index is 1.75. The molecule has 3 aromatic rings. The van der Waals surface area contributed by atoms with Gasteiger partial charge in [0.2, 0.25) is 5.76 Å². The quantitative estimate of drug-likeness (QED) is 0.643. The molecule has 1 saturated heterocycles. The number of ether oxygens (including phenoxy) is 1. The normalized spacial score (nSPS) is 21.8. The number of phenolic OH excluding ortho intramolecular Hbond substituents is 1. The van der Waals surface area contributed by atoms with E-state index in [0.717, 1.165) is 0 Å². The number of amides is 1. The summed E-state index contributed by atoms with van der Waals surface area (Å²) in [6, 6.07) is 9.87. The molecule has 0 radical (unpaired) electrons. The van der Waals surface area contributed by atoms with Crippen molar-refractivity contribution in [1.29, 1.82) is 0 Å². The van der Waals surface area contributed by atoms with Crippen LogP contribution in [0, 0.1) is 0 Å². The second kappa shape index (κ2) is 7.37. The molecule has 2 aliphatic heterocycles. The van der Waals surface area contributed by atoms with E-state index in [1.807, 2.05) is 0 Å². The van der Waals surface area contributed by atoms with E-state index >= 15 is 0 Å². The molecule has 1 aromatic heterocycles. The first-order chi connectivity index (χ1) is 15.3. The second-order valence-electron chi connectivity index (χ2n) is 8.00. The number of fused-ring (bicyclic) bond motifs is 2.